The van der Waals surface area contributed by atoms with Crippen LogP contribution in [0.15, 0.2) is 48.8 Å². The highest BCUT2D eigenvalue weighted by molar-refractivity contribution is 5.62. The van der Waals surface area contributed by atoms with E-state index in [1.54, 1.807) is 7.11 Å². The van der Waals surface area contributed by atoms with Gasteiger partial charge >= 0.3 is 0 Å². The van der Waals surface area contributed by atoms with Crippen molar-refractivity contribution >= 4 is 6.08 Å². The minimum Gasteiger partial charge on any atom is -0.492 e. The Morgan fingerprint density at radius 1 is 1.12 bits per heavy atom. The highest BCUT2D eigenvalue weighted by Gasteiger charge is 2.19. The molecule has 2 aromatic rings. The standard InChI is InChI=1S/C21H25NO2/c1-23-21-18(8-3-2-7-17-13-15-22-16-14-17)9-6-12-20(21)24-19-10-4-5-11-19/h3,6,8-9,12-16,19H,2,4-5,7,10-11H2,1H3/b8-3+. The van der Waals surface area contributed by atoms with Gasteiger partial charge in [-0.3, -0.25) is 4.98 Å². The van der Waals surface area contributed by atoms with Crippen molar-refractivity contribution in [2.45, 2.75) is 44.6 Å². The fraction of sp³-hybridized carbons (Fsp3) is 0.381. The Morgan fingerprint density at radius 2 is 1.92 bits per heavy atom. The first-order valence-electron chi connectivity index (χ1n) is 8.76. The zero-order valence-corrected chi connectivity index (χ0v) is 14.3. The lowest BCUT2D eigenvalue weighted by Crippen LogP contribution is -2.11. The maximum atomic E-state index is 6.15. The van der Waals surface area contributed by atoms with Crippen LogP contribution in [0.3, 0.4) is 0 Å². The van der Waals surface area contributed by atoms with E-state index in [2.05, 4.69) is 35.3 Å². The van der Waals surface area contributed by atoms with E-state index in [-0.39, 0.29) is 0 Å². The second-order valence-corrected chi connectivity index (χ2v) is 6.20. The Bertz CT molecular complexity index is 661. The second kappa shape index (κ2) is 8.53. The molecule has 0 aliphatic heterocycles. The van der Waals surface area contributed by atoms with Crippen LogP contribution in [0.1, 0.15) is 43.2 Å². The zero-order valence-electron chi connectivity index (χ0n) is 14.3. The van der Waals surface area contributed by atoms with E-state index in [0.29, 0.717) is 6.10 Å². The molecule has 3 heteroatoms. The maximum Gasteiger partial charge on any atom is 0.167 e. The van der Waals surface area contributed by atoms with Gasteiger partial charge in [0.15, 0.2) is 11.5 Å². The molecule has 0 radical (unpaired) electrons. The number of benzene rings is 1. The third-order valence-electron chi connectivity index (χ3n) is 4.46. The minimum absolute atomic E-state index is 0.338. The van der Waals surface area contributed by atoms with Crippen molar-refractivity contribution in [3.05, 3.63) is 59.9 Å². The number of hydrogen-bond acceptors (Lipinski definition) is 3. The maximum absolute atomic E-state index is 6.15. The molecule has 0 saturated heterocycles. The van der Waals surface area contributed by atoms with Crippen LogP contribution < -0.4 is 9.47 Å². The van der Waals surface area contributed by atoms with Gasteiger partial charge in [-0.15, -0.1) is 0 Å². The van der Waals surface area contributed by atoms with Gasteiger partial charge in [0.05, 0.1) is 13.2 Å². The van der Waals surface area contributed by atoms with Crippen LogP contribution in [0, 0.1) is 0 Å². The molecule has 1 fully saturated rings. The summed E-state index contributed by atoms with van der Waals surface area (Å²) in [6.07, 6.45) is 15.2. The van der Waals surface area contributed by atoms with Crippen LogP contribution >= 0.6 is 0 Å². The monoisotopic (exact) mass is 323 g/mol. The van der Waals surface area contributed by atoms with Gasteiger partial charge in [0.25, 0.3) is 0 Å². The van der Waals surface area contributed by atoms with Crippen molar-refractivity contribution in [3.63, 3.8) is 0 Å². The van der Waals surface area contributed by atoms with E-state index in [0.717, 1.165) is 42.7 Å². The first kappa shape index (κ1) is 16.6. The number of allylic oxidation sites excluding steroid dienone is 1. The Hall–Kier alpha value is -2.29. The van der Waals surface area contributed by atoms with E-state index >= 15 is 0 Å². The summed E-state index contributed by atoms with van der Waals surface area (Å²) in [6, 6.07) is 10.2. The Balaban J connectivity index is 1.64. The van der Waals surface area contributed by atoms with Crippen LogP contribution in [0.2, 0.25) is 0 Å². The van der Waals surface area contributed by atoms with E-state index < -0.39 is 0 Å². The zero-order chi connectivity index (χ0) is 16.6. The molecule has 1 aliphatic rings. The molecule has 1 aliphatic carbocycles. The molecule has 3 rings (SSSR count). The van der Waals surface area contributed by atoms with Gasteiger partial charge in [-0.1, -0.05) is 24.3 Å². The third kappa shape index (κ3) is 4.38. The highest BCUT2D eigenvalue weighted by atomic mass is 16.5. The molecular weight excluding hydrogens is 298 g/mol. The van der Waals surface area contributed by atoms with Crippen molar-refractivity contribution < 1.29 is 9.47 Å². The second-order valence-electron chi connectivity index (χ2n) is 6.20. The normalized spacial score (nSPS) is 15.0. The van der Waals surface area contributed by atoms with Crippen molar-refractivity contribution in [2.24, 2.45) is 0 Å². The van der Waals surface area contributed by atoms with Gasteiger partial charge in [0.2, 0.25) is 0 Å². The van der Waals surface area contributed by atoms with Crippen molar-refractivity contribution in [2.75, 3.05) is 7.11 Å². The average Bonchev–Trinajstić information content (AvgIpc) is 3.13. The molecule has 1 heterocycles. The molecule has 3 nitrogen and oxygen atoms in total. The number of ether oxygens (including phenoxy) is 2. The molecule has 0 amide bonds. The lowest BCUT2D eigenvalue weighted by molar-refractivity contribution is 0.200. The van der Waals surface area contributed by atoms with Gasteiger partial charge in [-0.05, 0) is 62.3 Å². The topological polar surface area (TPSA) is 31.4 Å². The predicted octanol–water partition coefficient (Wildman–Crippen LogP) is 5.06. The summed E-state index contributed by atoms with van der Waals surface area (Å²) in [6.45, 7) is 0. The number of rotatable bonds is 7. The van der Waals surface area contributed by atoms with E-state index in [1.165, 1.54) is 18.4 Å². The summed E-state index contributed by atoms with van der Waals surface area (Å²) in [7, 11) is 1.71. The molecule has 126 valence electrons. The van der Waals surface area contributed by atoms with Gasteiger partial charge in [0.1, 0.15) is 0 Å². The summed E-state index contributed by atoms with van der Waals surface area (Å²) in [5, 5.41) is 0. The molecule has 1 aromatic heterocycles. The summed E-state index contributed by atoms with van der Waals surface area (Å²) in [5.41, 5.74) is 2.38. The number of aromatic nitrogens is 1. The van der Waals surface area contributed by atoms with Crippen LogP contribution in [0.25, 0.3) is 6.08 Å². The first-order chi connectivity index (χ1) is 11.9. The van der Waals surface area contributed by atoms with E-state index in [4.69, 9.17) is 9.47 Å². The molecule has 0 unspecified atom stereocenters. The Labute approximate surface area is 144 Å². The summed E-state index contributed by atoms with van der Waals surface area (Å²) < 4.78 is 11.8. The summed E-state index contributed by atoms with van der Waals surface area (Å²) >= 11 is 0. The molecule has 24 heavy (non-hydrogen) atoms. The molecule has 0 bridgehead atoms. The number of pyridine rings is 1. The van der Waals surface area contributed by atoms with Crippen LogP contribution in [0.5, 0.6) is 11.5 Å². The van der Waals surface area contributed by atoms with E-state index in [1.807, 2.05) is 24.5 Å². The van der Waals surface area contributed by atoms with Crippen molar-refractivity contribution in [3.8, 4) is 11.5 Å². The number of aryl methyl sites for hydroxylation is 1. The molecular formula is C21H25NO2. The fourth-order valence-electron chi connectivity index (χ4n) is 3.17. The van der Waals surface area contributed by atoms with Crippen molar-refractivity contribution in [1.82, 2.24) is 4.98 Å². The van der Waals surface area contributed by atoms with Gasteiger partial charge in [0, 0.05) is 18.0 Å². The average molecular weight is 323 g/mol. The minimum atomic E-state index is 0.338. The number of methoxy groups -OCH3 is 1. The molecule has 0 N–H and O–H groups in total. The number of nitrogens with zero attached hydrogens (tertiary/aromatic N) is 1. The summed E-state index contributed by atoms with van der Waals surface area (Å²) in [4.78, 5) is 4.05. The molecule has 1 aromatic carbocycles. The van der Waals surface area contributed by atoms with Crippen LogP contribution in [-0.2, 0) is 6.42 Å². The van der Waals surface area contributed by atoms with Crippen molar-refractivity contribution in [1.29, 1.82) is 0 Å². The SMILES string of the molecule is COc1c(/C=C/CCc2ccncc2)cccc1OC1CCCC1. The largest absolute Gasteiger partial charge is 0.492 e. The Kier molecular flexibility index (Phi) is 5.89. The fourth-order valence-corrected chi connectivity index (χ4v) is 3.17. The Morgan fingerprint density at radius 3 is 2.67 bits per heavy atom. The third-order valence-corrected chi connectivity index (χ3v) is 4.46. The smallest absolute Gasteiger partial charge is 0.167 e. The molecule has 0 atom stereocenters. The van der Waals surface area contributed by atoms with Gasteiger partial charge < -0.3 is 9.47 Å². The first-order valence-corrected chi connectivity index (χ1v) is 8.76. The molecule has 1 saturated carbocycles. The van der Waals surface area contributed by atoms with Gasteiger partial charge in [-0.25, -0.2) is 0 Å². The summed E-state index contributed by atoms with van der Waals surface area (Å²) in [5.74, 6) is 1.70. The van der Waals surface area contributed by atoms with Crippen LogP contribution in [0.4, 0.5) is 0 Å². The molecule has 0 spiro atoms. The number of para-hydroxylation sites is 1. The van der Waals surface area contributed by atoms with E-state index in [9.17, 15) is 0 Å². The lowest BCUT2D eigenvalue weighted by Gasteiger charge is -2.17. The number of hydrogen-bond donors (Lipinski definition) is 0. The predicted molar refractivity (Wildman–Crippen MR) is 97.5 cm³/mol. The van der Waals surface area contributed by atoms with Gasteiger partial charge in [-0.2, -0.15) is 0 Å². The quantitative estimate of drug-likeness (QED) is 0.714. The van der Waals surface area contributed by atoms with Crippen LogP contribution in [-0.4, -0.2) is 18.2 Å². The lowest BCUT2D eigenvalue weighted by atomic mass is 10.1. The highest BCUT2D eigenvalue weighted by Crippen LogP contribution is 2.35.